The molecule has 0 saturated carbocycles. The van der Waals surface area contributed by atoms with Crippen molar-refractivity contribution in [3.05, 3.63) is 12.7 Å². The zero-order valence-corrected chi connectivity index (χ0v) is 12.7. The van der Waals surface area contributed by atoms with Crippen molar-refractivity contribution < 1.29 is 67.3 Å². The van der Waals surface area contributed by atoms with E-state index in [1.165, 1.54) is 0 Å². The number of hydrogen-bond acceptors (Lipinski definition) is 3. The van der Waals surface area contributed by atoms with Gasteiger partial charge in [-0.05, 0) is 0 Å². The number of aliphatic hydroxyl groups is 1. The molecule has 0 aromatic heterocycles. The molecule has 0 aromatic carbocycles. The van der Waals surface area contributed by atoms with Crippen LogP contribution in [0.3, 0.4) is 0 Å². The zero-order chi connectivity index (χ0) is 22.1. The Hall–Kier alpha value is -1.67. The van der Waals surface area contributed by atoms with Crippen LogP contribution in [-0.4, -0.2) is 53.4 Å². The SMILES string of the molecule is C=CC(=O)OC(O)CCC(F)(F)C(F)(F)C(F)(F)C(F)(F)C(F)(F)C(F)F. The van der Waals surface area contributed by atoms with Crippen LogP contribution in [0.5, 0.6) is 0 Å². The molecule has 0 rings (SSSR count). The van der Waals surface area contributed by atoms with Crippen LogP contribution in [-0.2, 0) is 9.53 Å². The van der Waals surface area contributed by atoms with Crippen molar-refractivity contribution in [3.8, 4) is 0 Å². The van der Waals surface area contributed by atoms with E-state index in [2.05, 4.69) is 11.3 Å². The lowest BCUT2D eigenvalue weighted by molar-refractivity contribution is -0.413. The summed E-state index contributed by atoms with van der Waals surface area (Å²) in [6.45, 7) is 2.79. The van der Waals surface area contributed by atoms with Gasteiger partial charge >= 0.3 is 42.0 Å². The van der Waals surface area contributed by atoms with Crippen LogP contribution < -0.4 is 0 Å². The van der Waals surface area contributed by atoms with Crippen molar-refractivity contribution in [1.29, 1.82) is 0 Å². The van der Waals surface area contributed by atoms with Crippen LogP contribution in [0.2, 0.25) is 0 Å². The standard InChI is InChI=1S/C12H10F12O3/c1-2-5(25)27-6(26)3-4-8(15,16)10(19,20)12(23,24)11(21,22)9(17,18)7(13)14/h2,6-7,26H,1,3-4H2. The number of esters is 1. The maximum atomic E-state index is 13.3. The molecule has 0 aromatic rings. The van der Waals surface area contributed by atoms with Crippen LogP contribution in [0, 0.1) is 0 Å². The second-order valence-corrected chi connectivity index (χ2v) is 4.99. The fourth-order valence-electron chi connectivity index (χ4n) is 1.48. The third-order valence-electron chi connectivity index (χ3n) is 3.06. The first-order chi connectivity index (χ1) is 11.8. The summed E-state index contributed by atoms with van der Waals surface area (Å²) >= 11 is 0. The summed E-state index contributed by atoms with van der Waals surface area (Å²) in [5, 5.41) is 8.92. The summed E-state index contributed by atoms with van der Waals surface area (Å²) < 4.78 is 158. The molecule has 1 unspecified atom stereocenters. The number of aliphatic hydroxyl groups excluding tert-OH is 1. The lowest BCUT2D eigenvalue weighted by Crippen LogP contribution is -2.68. The number of carbonyl (C=O) groups excluding carboxylic acids is 1. The first-order valence-electron chi connectivity index (χ1n) is 6.48. The van der Waals surface area contributed by atoms with Crippen LogP contribution in [0.15, 0.2) is 12.7 Å². The molecule has 0 saturated heterocycles. The number of halogens is 12. The highest BCUT2D eigenvalue weighted by atomic mass is 19.4. The van der Waals surface area contributed by atoms with E-state index in [1.54, 1.807) is 0 Å². The third-order valence-corrected chi connectivity index (χ3v) is 3.06. The minimum absolute atomic E-state index is 0.372. The second kappa shape index (κ2) is 7.75. The molecular weight excluding hydrogens is 420 g/mol. The van der Waals surface area contributed by atoms with Crippen LogP contribution in [0.1, 0.15) is 12.8 Å². The Morgan fingerprint density at radius 2 is 1.37 bits per heavy atom. The molecule has 0 radical (unpaired) electrons. The van der Waals surface area contributed by atoms with Crippen LogP contribution in [0.4, 0.5) is 52.7 Å². The summed E-state index contributed by atoms with van der Waals surface area (Å²) in [7, 11) is 0. The zero-order valence-electron chi connectivity index (χ0n) is 12.7. The molecule has 0 aliphatic carbocycles. The molecule has 160 valence electrons. The predicted octanol–water partition coefficient (Wildman–Crippen LogP) is 4.26. The van der Waals surface area contributed by atoms with Crippen molar-refractivity contribution in [2.75, 3.05) is 0 Å². The first kappa shape index (κ1) is 25.3. The lowest BCUT2D eigenvalue weighted by Gasteiger charge is -2.39. The van der Waals surface area contributed by atoms with E-state index in [4.69, 9.17) is 5.11 Å². The molecule has 0 amide bonds. The van der Waals surface area contributed by atoms with Crippen molar-refractivity contribution in [2.24, 2.45) is 0 Å². The van der Waals surface area contributed by atoms with E-state index in [-0.39, 0.29) is 0 Å². The monoisotopic (exact) mass is 430 g/mol. The van der Waals surface area contributed by atoms with Gasteiger partial charge in [0.05, 0.1) is 0 Å². The molecule has 3 nitrogen and oxygen atoms in total. The van der Waals surface area contributed by atoms with Crippen molar-refractivity contribution in [1.82, 2.24) is 0 Å². The smallest absolute Gasteiger partial charge is 0.384 e. The Labute approximate surface area is 142 Å². The first-order valence-corrected chi connectivity index (χ1v) is 6.48. The number of hydrogen-bond donors (Lipinski definition) is 1. The van der Waals surface area contributed by atoms with Gasteiger partial charge in [-0.2, -0.15) is 43.9 Å². The molecule has 0 aliphatic rings. The summed E-state index contributed by atoms with van der Waals surface area (Å²) in [6.07, 6.45) is -12.1. The Morgan fingerprint density at radius 3 is 1.74 bits per heavy atom. The van der Waals surface area contributed by atoms with Gasteiger partial charge in [-0.1, -0.05) is 6.58 Å². The van der Waals surface area contributed by atoms with E-state index in [9.17, 15) is 57.5 Å². The predicted molar refractivity (Wildman–Crippen MR) is 62.3 cm³/mol. The molecule has 0 fully saturated rings. The highest BCUT2D eigenvalue weighted by molar-refractivity contribution is 5.81. The van der Waals surface area contributed by atoms with Gasteiger partial charge in [0.25, 0.3) is 0 Å². The molecule has 1 N–H and O–H groups in total. The largest absolute Gasteiger partial charge is 0.433 e. The van der Waals surface area contributed by atoms with Gasteiger partial charge < -0.3 is 9.84 Å². The molecule has 0 heterocycles. The van der Waals surface area contributed by atoms with Gasteiger partial charge in [-0.15, -0.1) is 0 Å². The van der Waals surface area contributed by atoms with E-state index in [0.717, 1.165) is 0 Å². The normalized spacial score (nSPS) is 15.6. The Balaban J connectivity index is 5.66. The minimum atomic E-state index is -7.63. The van der Waals surface area contributed by atoms with Gasteiger partial charge in [0, 0.05) is 18.9 Å². The average molecular weight is 430 g/mol. The number of ether oxygens (including phenoxy) is 1. The topological polar surface area (TPSA) is 46.5 Å². The third kappa shape index (κ3) is 4.43. The van der Waals surface area contributed by atoms with E-state index >= 15 is 0 Å². The Kier molecular flexibility index (Phi) is 7.27. The highest BCUT2D eigenvalue weighted by Crippen LogP contribution is 2.58. The molecular formula is C12H10F12O3. The maximum absolute atomic E-state index is 13.3. The molecule has 15 heteroatoms. The number of rotatable bonds is 10. The van der Waals surface area contributed by atoms with Crippen LogP contribution in [0.25, 0.3) is 0 Å². The molecule has 0 spiro atoms. The number of alkyl halides is 12. The summed E-state index contributed by atoms with van der Waals surface area (Å²) in [4.78, 5) is 10.6. The minimum Gasteiger partial charge on any atom is -0.433 e. The fraction of sp³-hybridized carbons (Fsp3) is 0.750. The Bertz CT molecular complexity index is 546. The molecule has 0 bridgehead atoms. The lowest BCUT2D eigenvalue weighted by atomic mass is 9.92. The number of carbonyl (C=O) groups is 1. The summed E-state index contributed by atoms with van der Waals surface area (Å²) in [5.41, 5.74) is 0. The van der Waals surface area contributed by atoms with Crippen molar-refractivity contribution >= 4 is 5.97 Å². The second-order valence-electron chi connectivity index (χ2n) is 4.99. The van der Waals surface area contributed by atoms with Gasteiger partial charge in [0.1, 0.15) is 0 Å². The highest BCUT2D eigenvalue weighted by Gasteiger charge is 2.87. The summed E-state index contributed by atoms with van der Waals surface area (Å²) in [6, 6.07) is 0. The Morgan fingerprint density at radius 1 is 0.926 bits per heavy atom. The van der Waals surface area contributed by atoms with Gasteiger partial charge in [-0.3, -0.25) is 0 Å². The fourth-order valence-corrected chi connectivity index (χ4v) is 1.48. The van der Waals surface area contributed by atoms with Gasteiger partial charge in [-0.25, -0.2) is 13.6 Å². The molecule has 0 aliphatic heterocycles. The van der Waals surface area contributed by atoms with E-state index in [1.807, 2.05) is 0 Å². The quantitative estimate of drug-likeness (QED) is 0.244. The maximum Gasteiger partial charge on any atom is 0.384 e. The van der Waals surface area contributed by atoms with E-state index in [0.29, 0.717) is 6.08 Å². The summed E-state index contributed by atoms with van der Waals surface area (Å²) in [5.74, 6) is -37.2. The van der Waals surface area contributed by atoms with Gasteiger partial charge in [0.15, 0.2) is 0 Å². The van der Waals surface area contributed by atoms with E-state index < -0.39 is 61.1 Å². The molecule has 27 heavy (non-hydrogen) atoms. The average Bonchev–Trinajstić information content (AvgIpc) is 2.51. The van der Waals surface area contributed by atoms with Gasteiger partial charge in [0.2, 0.25) is 6.29 Å². The van der Waals surface area contributed by atoms with Crippen LogP contribution >= 0.6 is 0 Å². The van der Waals surface area contributed by atoms with Crippen molar-refractivity contribution in [3.63, 3.8) is 0 Å². The molecule has 1 atom stereocenters. The van der Waals surface area contributed by atoms with Crippen molar-refractivity contribution in [2.45, 2.75) is 55.2 Å².